The standard InChI is InChI=1S/C20H21N5O4S/c1-28-15-9-14(10-16(11-15)29-2)19(27)24-23-18(26)12-30-20-21-17(22-25-20)8-13-6-4-3-5-7-13/h3-7,9-11H,8,12H2,1-2H3,(H,23,26)(H,24,27)(H,21,22,25). The van der Waals surface area contributed by atoms with E-state index in [9.17, 15) is 9.59 Å². The molecule has 1 heterocycles. The van der Waals surface area contributed by atoms with Crippen LogP contribution in [0, 0.1) is 0 Å². The number of hydrogen-bond donors (Lipinski definition) is 3. The van der Waals surface area contributed by atoms with Crippen LogP contribution in [0.4, 0.5) is 0 Å². The van der Waals surface area contributed by atoms with E-state index in [2.05, 4.69) is 26.0 Å². The van der Waals surface area contributed by atoms with Crippen molar-refractivity contribution in [1.82, 2.24) is 26.0 Å². The molecule has 1 aromatic heterocycles. The van der Waals surface area contributed by atoms with Gasteiger partial charge in [-0.2, -0.15) is 0 Å². The summed E-state index contributed by atoms with van der Waals surface area (Å²) in [4.78, 5) is 28.7. The van der Waals surface area contributed by atoms with E-state index in [4.69, 9.17) is 9.47 Å². The third-order valence-corrected chi connectivity index (χ3v) is 4.83. The summed E-state index contributed by atoms with van der Waals surface area (Å²) in [6, 6.07) is 14.6. The van der Waals surface area contributed by atoms with Crippen LogP contribution in [-0.4, -0.2) is 47.0 Å². The molecule has 0 fully saturated rings. The van der Waals surface area contributed by atoms with Gasteiger partial charge < -0.3 is 9.47 Å². The summed E-state index contributed by atoms with van der Waals surface area (Å²) >= 11 is 1.16. The first-order valence-electron chi connectivity index (χ1n) is 8.97. The van der Waals surface area contributed by atoms with Gasteiger partial charge in [0.2, 0.25) is 11.1 Å². The molecule has 10 heteroatoms. The number of nitrogens with one attached hydrogen (secondary N) is 3. The highest BCUT2D eigenvalue weighted by Gasteiger charge is 2.12. The molecule has 0 atom stereocenters. The van der Waals surface area contributed by atoms with Gasteiger partial charge in [-0.15, -0.1) is 5.10 Å². The monoisotopic (exact) mass is 427 g/mol. The Bertz CT molecular complexity index is 987. The second-order valence-electron chi connectivity index (χ2n) is 6.12. The van der Waals surface area contributed by atoms with Gasteiger partial charge in [0.15, 0.2) is 0 Å². The molecule has 0 aliphatic rings. The first-order chi connectivity index (χ1) is 14.6. The average Bonchev–Trinajstić information content (AvgIpc) is 3.23. The minimum Gasteiger partial charge on any atom is -0.497 e. The predicted molar refractivity (Wildman–Crippen MR) is 112 cm³/mol. The highest BCUT2D eigenvalue weighted by molar-refractivity contribution is 7.99. The maximum atomic E-state index is 12.3. The number of hydrazine groups is 1. The third kappa shape index (κ3) is 5.98. The summed E-state index contributed by atoms with van der Waals surface area (Å²) in [7, 11) is 2.98. The van der Waals surface area contributed by atoms with Gasteiger partial charge in [-0.05, 0) is 17.7 Å². The number of H-pyrrole nitrogens is 1. The number of carbonyl (C=O) groups is 2. The quantitative estimate of drug-likeness (QED) is 0.371. The second kappa shape index (κ2) is 10.3. The number of nitrogens with zero attached hydrogens (tertiary/aromatic N) is 2. The van der Waals surface area contributed by atoms with Crippen LogP contribution >= 0.6 is 11.8 Å². The Morgan fingerprint density at radius 3 is 2.40 bits per heavy atom. The number of thioether (sulfide) groups is 1. The van der Waals surface area contributed by atoms with E-state index in [1.54, 1.807) is 18.2 Å². The van der Waals surface area contributed by atoms with Gasteiger partial charge >= 0.3 is 0 Å². The maximum Gasteiger partial charge on any atom is 0.269 e. The highest BCUT2D eigenvalue weighted by Crippen LogP contribution is 2.22. The lowest BCUT2D eigenvalue weighted by atomic mass is 10.1. The Morgan fingerprint density at radius 2 is 1.73 bits per heavy atom. The number of aromatic amines is 1. The fraction of sp³-hybridized carbons (Fsp3) is 0.200. The van der Waals surface area contributed by atoms with Gasteiger partial charge in [0.05, 0.1) is 20.0 Å². The number of rotatable bonds is 8. The number of ether oxygens (including phenoxy) is 2. The minimum absolute atomic E-state index is 0.0460. The average molecular weight is 427 g/mol. The molecule has 2 aromatic carbocycles. The molecule has 156 valence electrons. The number of methoxy groups -OCH3 is 2. The van der Waals surface area contributed by atoms with Gasteiger partial charge in [0.1, 0.15) is 17.3 Å². The van der Waals surface area contributed by atoms with Crippen molar-refractivity contribution in [3.05, 3.63) is 65.5 Å². The van der Waals surface area contributed by atoms with E-state index in [0.717, 1.165) is 17.3 Å². The zero-order valence-corrected chi connectivity index (χ0v) is 17.3. The summed E-state index contributed by atoms with van der Waals surface area (Å²) in [6.07, 6.45) is 0.626. The van der Waals surface area contributed by atoms with Crippen molar-refractivity contribution in [2.45, 2.75) is 11.6 Å². The zero-order valence-electron chi connectivity index (χ0n) is 16.5. The normalized spacial score (nSPS) is 10.3. The Balaban J connectivity index is 1.47. The number of carbonyl (C=O) groups excluding carboxylic acids is 2. The van der Waals surface area contributed by atoms with E-state index < -0.39 is 11.8 Å². The maximum absolute atomic E-state index is 12.3. The summed E-state index contributed by atoms with van der Waals surface area (Å²) in [5.41, 5.74) is 6.13. The van der Waals surface area contributed by atoms with Gasteiger partial charge in [-0.3, -0.25) is 25.5 Å². The molecule has 2 amide bonds. The van der Waals surface area contributed by atoms with Crippen LogP contribution < -0.4 is 20.3 Å². The van der Waals surface area contributed by atoms with Crippen LogP contribution in [0.1, 0.15) is 21.7 Å². The molecule has 3 aromatic rings. The van der Waals surface area contributed by atoms with E-state index in [1.165, 1.54) is 14.2 Å². The summed E-state index contributed by atoms with van der Waals surface area (Å²) < 4.78 is 10.3. The molecule has 0 spiro atoms. The van der Waals surface area contributed by atoms with Crippen molar-refractivity contribution < 1.29 is 19.1 Å². The molecule has 0 aliphatic carbocycles. The third-order valence-electron chi connectivity index (χ3n) is 3.99. The Morgan fingerprint density at radius 1 is 1.03 bits per heavy atom. The zero-order chi connectivity index (χ0) is 21.3. The molecule has 0 saturated carbocycles. The number of amides is 2. The van der Waals surface area contributed by atoms with E-state index >= 15 is 0 Å². The number of benzene rings is 2. The van der Waals surface area contributed by atoms with E-state index in [-0.39, 0.29) is 5.75 Å². The molecule has 0 radical (unpaired) electrons. The Kier molecular flexibility index (Phi) is 7.28. The first-order valence-corrected chi connectivity index (χ1v) is 9.96. The molecule has 0 aliphatic heterocycles. The van der Waals surface area contributed by atoms with Crippen molar-refractivity contribution in [3.63, 3.8) is 0 Å². The molecule has 9 nitrogen and oxygen atoms in total. The van der Waals surface area contributed by atoms with E-state index in [1.807, 2.05) is 30.3 Å². The molecular formula is C20H21N5O4S. The summed E-state index contributed by atoms with van der Waals surface area (Å²) in [5, 5.41) is 7.42. The molecule has 0 saturated heterocycles. The lowest BCUT2D eigenvalue weighted by Gasteiger charge is -2.09. The SMILES string of the molecule is COc1cc(OC)cc(C(=O)NNC(=O)CSc2n[nH]c(Cc3ccccc3)n2)c1. The largest absolute Gasteiger partial charge is 0.497 e. The van der Waals surface area contributed by atoms with Crippen molar-refractivity contribution >= 4 is 23.6 Å². The van der Waals surface area contributed by atoms with Crippen LogP contribution in [0.3, 0.4) is 0 Å². The van der Waals surface area contributed by atoms with Gasteiger partial charge in [-0.1, -0.05) is 42.1 Å². The lowest BCUT2D eigenvalue weighted by Crippen LogP contribution is -2.42. The van der Waals surface area contributed by atoms with Gasteiger partial charge in [-0.25, -0.2) is 4.98 Å². The summed E-state index contributed by atoms with van der Waals surface area (Å²) in [6.45, 7) is 0. The molecule has 3 N–H and O–H groups in total. The van der Waals surface area contributed by atoms with Crippen molar-refractivity contribution in [3.8, 4) is 11.5 Å². The van der Waals surface area contributed by atoms with Crippen LogP contribution in [0.5, 0.6) is 11.5 Å². The van der Waals surface area contributed by atoms with Crippen LogP contribution in [0.15, 0.2) is 53.7 Å². The van der Waals surface area contributed by atoms with Gasteiger partial charge in [0.25, 0.3) is 5.91 Å². The van der Waals surface area contributed by atoms with Crippen molar-refractivity contribution in [1.29, 1.82) is 0 Å². The number of aromatic nitrogens is 3. The second-order valence-corrected chi connectivity index (χ2v) is 7.06. The van der Waals surface area contributed by atoms with Crippen molar-refractivity contribution in [2.24, 2.45) is 0 Å². The highest BCUT2D eigenvalue weighted by atomic mass is 32.2. The minimum atomic E-state index is -0.492. The fourth-order valence-corrected chi connectivity index (χ4v) is 3.13. The van der Waals surface area contributed by atoms with Crippen LogP contribution in [-0.2, 0) is 11.2 Å². The van der Waals surface area contributed by atoms with Crippen molar-refractivity contribution in [2.75, 3.05) is 20.0 Å². The topological polar surface area (TPSA) is 118 Å². The first kappa shape index (κ1) is 21.2. The smallest absolute Gasteiger partial charge is 0.269 e. The lowest BCUT2D eigenvalue weighted by molar-refractivity contribution is -0.119. The fourth-order valence-electron chi connectivity index (χ4n) is 2.51. The molecule has 3 rings (SSSR count). The molecule has 30 heavy (non-hydrogen) atoms. The predicted octanol–water partition coefficient (Wildman–Crippen LogP) is 1.97. The Hall–Kier alpha value is -3.53. The summed E-state index contributed by atoms with van der Waals surface area (Å²) in [5.74, 6) is 0.815. The molecule has 0 bridgehead atoms. The van der Waals surface area contributed by atoms with Crippen LogP contribution in [0.25, 0.3) is 0 Å². The molecular weight excluding hydrogens is 406 g/mol. The van der Waals surface area contributed by atoms with E-state index in [0.29, 0.717) is 34.5 Å². The molecule has 0 unspecified atom stereocenters. The number of hydrogen-bond acceptors (Lipinski definition) is 7. The Labute approximate surface area is 177 Å². The van der Waals surface area contributed by atoms with Gasteiger partial charge in [0, 0.05) is 18.1 Å². The van der Waals surface area contributed by atoms with Crippen LogP contribution in [0.2, 0.25) is 0 Å².